The molecule has 1 aliphatic rings. The summed E-state index contributed by atoms with van der Waals surface area (Å²) in [5.74, 6) is 1.12. The van der Waals surface area contributed by atoms with E-state index in [9.17, 15) is 0 Å². The summed E-state index contributed by atoms with van der Waals surface area (Å²) in [6.07, 6.45) is 0.224. The maximum absolute atomic E-state index is 5.55. The van der Waals surface area contributed by atoms with Gasteiger partial charge in [-0.2, -0.15) is 0 Å². The van der Waals surface area contributed by atoms with Gasteiger partial charge in [-0.05, 0) is 24.1 Å². The van der Waals surface area contributed by atoms with E-state index in [1.807, 2.05) is 0 Å². The van der Waals surface area contributed by atoms with E-state index in [-0.39, 0.29) is 6.42 Å². The van der Waals surface area contributed by atoms with E-state index in [1.165, 1.54) is 7.11 Å². The zero-order valence-corrected chi connectivity index (χ0v) is 9.97. The predicted octanol–water partition coefficient (Wildman–Crippen LogP) is -1.09. The Balaban J connectivity index is 2.38. The lowest BCUT2D eigenvalue weighted by molar-refractivity contribution is 0.0817. The Hall–Kier alpha value is -1.16. The van der Waals surface area contributed by atoms with Gasteiger partial charge in [0.2, 0.25) is 5.75 Å². The summed E-state index contributed by atoms with van der Waals surface area (Å²) < 4.78 is 15.6. The van der Waals surface area contributed by atoms with E-state index in [2.05, 4.69) is 0 Å². The monoisotopic (exact) mass is 235 g/mol. The summed E-state index contributed by atoms with van der Waals surface area (Å²) in [6, 6.07) is 3.34. The molecule has 0 spiro atoms. The number of rotatable bonds is 3. The van der Waals surface area contributed by atoms with Crippen molar-refractivity contribution in [2.24, 2.45) is 5.73 Å². The smallest absolute Gasteiger partial charge is 0.206 e. The molecule has 1 aromatic rings. The quantitative estimate of drug-likeness (QED) is 0.675. The molecule has 2 rings (SSSR count). The molecule has 84 valence electrons. The van der Waals surface area contributed by atoms with Crippen molar-refractivity contribution in [3.8, 4) is 17.2 Å². The second-order valence-corrected chi connectivity index (χ2v) is 4.34. The lowest BCUT2D eigenvalue weighted by Gasteiger charge is -2.20. The highest BCUT2D eigenvalue weighted by Crippen LogP contribution is 2.45. The van der Waals surface area contributed by atoms with Gasteiger partial charge < -0.3 is 19.9 Å². The first kappa shape index (κ1) is 13.3. The van der Waals surface area contributed by atoms with Gasteiger partial charge in [0.05, 0.1) is 22.8 Å². The summed E-state index contributed by atoms with van der Waals surface area (Å²) in [5.41, 5.74) is 4.56. The molecule has 0 atom stereocenters. The molecule has 0 bridgehead atoms. The van der Waals surface area contributed by atoms with Crippen LogP contribution in [0, 0.1) is 0 Å². The van der Waals surface area contributed by atoms with Crippen LogP contribution in [-0.2, 0) is 6.42 Å². The minimum absolute atomic E-state index is 0.224. The van der Waals surface area contributed by atoms with E-state index in [0.717, 1.165) is 5.56 Å². The van der Waals surface area contributed by atoms with Crippen molar-refractivity contribution in [2.75, 3.05) is 7.11 Å². The Morgan fingerprint density at radius 1 is 1.33 bits per heavy atom. The molecule has 8 radical (unpaired) electrons. The normalized spacial score (nSPS) is 16.6. The molecular weight excluding hydrogens is 225 g/mol. The lowest BCUT2D eigenvalue weighted by Crippen LogP contribution is -2.43. The molecule has 0 aliphatic carbocycles. The first-order valence-electron chi connectivity index (χ1n) is 5.23. The van der Waals surface area contributed by atoms with Crippen molar-refractivity contribution in [1.29, 1.82) is 0 Å². The van der Waals surface area contributed by atoms with E-state index < -0.39 is 10.9 Å². The molecule has 0 fully saturated rings. The van der Waals surface area contributed by atoms with Crippen LogP contribution in [-0.4, -0.2) is 49.4 Å². The van der Waals surface area contributed by atoms with Gasteiger partial charge in [-0.25, -0.2) is 0 Å². The van der Waals surface area contributed by atoms with Crippen molar-refractivity contribution in [2.45, 2.75) is 17.3 Å². The van der Waals surface area contributed by atoms with Crippen LogP contribution in [0.5, 0.6) is 17.2 Å². The number of benzene rings is 1. The van der Waals surface area contributed by atoms with Gasteiger partial charge in [-0.1, -0.05) is 5.34 Å². The Labute approximate surface area is 111 Å². The average Bonchev–Trinajstić information content (AvgIpc) is 2.48. The molecule has 0 saturated heterocycles. The van der Waals surface area contributed by atoms with Crippen LogP contribution in [0.3, 0.4) is 0 Å². The summed E-state index contributed by atoms with van der Waals surface area (Å²) in [7, 11) is 23.6. The standard InChI is InChI=1S/C10H9B4NO3/c1-16-6-2-5(4-9(11,12)15)3-7-8(6)18-10(13,14)17-7/h2-3H,4,15H2,1H3. The van der Waals surface area contributed by atoms with Crippen molar-refractivity contribution in [3.63, 3.8) is 0 Å². The highest BCUT2D eigenvalue weighted by atomic mass is 16.7. The Bertz CT molecular complexity index is 473. The number of ether oxygens (including phenoxy) is 3. The Morgan fingerprint density at radius 3 is 2.56 bits per heavy atom. The molecule has 1 aliphatic heterocycles. The zero-order chi connectivity index (χ0) is 13.6. The molecule has 1 aromatic carbocycles. The molecule has 0 unspecified atom stereocenters. The third-order valence-electron chi connectivity index (χ3n) is 2.34. The van der Waals surface area contributed by atoms with Gasteiger partial charge in [0.25, 0.3) is 0 Å². The van der Waals surface area contributed by atoms with Gasteiger partial charge in [0.1, 0.15) is 0 Å². The topological polar surface area (TPSA) is 53.7 Å². The van der Waals surface area contributed by atoms with Crippen LogP contribution in [0.4, 0.5) is 0 Å². The highest BCUT2D eigenvalue weighted by Gasteiger charge is 2.33. The molecule has 2 N–H and O–H groups in total. The minimum atomic E-state index is -1.71. The molecule has 4 nitrogen and oxygen atoms in total. The summed E-state index contributed by atoms with van der Waals surface area (Å²) in [4.78, 5) is 0. The number of nitrogens with two attached hydrogens (primary N) is 1. The second-order valence-electron chi connectivity index (χ2n) is 4.34. The third-order valence-corrected chi connectivity index (χ3v) is 2.34. The fourth-order valence-corrected chi connectivity index (χ4v) is 1.77. The van der Waals surface area contributed by atoms with Crippen LogP contribution < -0.4 is 19.9 Å². The van der Waals surface area contributed by atoms with E-state index in [1.54, 1.807) is 12.1 Å². The molecule has 0 aromatic heterocycles. The average molecular weight is 234 g/mol. The van der Waals surface area contributed by atoms with Gasteiger partial charge in [-0.3, -0.25) is 0 Å². The van der Waals surface area contributed by atoms with Crippen molar-refractivity contribution >= 4 is 31.4 Å². The van der Waals surface area contributed by atoms with E-state index >= 15 is 0 Å². The predicted molar refractivity (Wildman–Crippen MR) is 70.6 cm³/mol. The van der Waals surface area contributed by atoms with Gasteiger partial charge >= 0.3 is 0 Å². The van der Waals surface area contributed by atoms with Gasteiger partial charge in [0.15, 0.2) is 32.8 Å². The lowest BCUT2D eigenvalue weighted by atomic mass is 9.60. The van der Waals surface area contributed by atoms with Crippen molar-refractivity contribution in [1.82, 2.24) is 0 Å². The third kappa shape index (κ3) is 2.80. The number of hydrogen-bond donors (Lipinski definition) is 1. The highest BCUT2D eigenvalue weighted by molar-refractivity contribution is 6.40. The fraction of sp³-hybridized carbons (Fsp3) is 0.400. The number of methoxy groups -OCH3 is 1. The molecule has 0 saturated carbocycles. The maximum Gasteiger partial charge on any atom is 0.206 e. The van der Waals surface area contributed by atoms with Gasteiger partial charge in [-0.15, -0.1) is 0 Å². The molecule has 0 amide bonds. The summed E-state index contributed by atoms with van der Waals surface area (Å²) >= 11 is 0. The Morgan fingerprint density at radius 2 is 2.00 bits per heavy atom. The maximum atomic E-state index is 5.55. The van der Waals surface area contributed by atoms with Gasteiger partial charge in [0, 0.05) is 0 Å². The molecule has 18 heavy (non-hydrogen) atoms. The molecule has 8 heteroatoms. The van der Waals surface area contributed by atoms with Crippen LogP contribution >= 0.6 is 0 Å². The molecular formula is C10H9B4NO3. The largest absolute Gasteiger partial charge is 0.493 e. The SMILES string of the molecule is [B]C([B])(N)Cc1cc(OC)c2c(c1)OC([B])([B])O2. The van der Waals surface area contributed by atoms with Crippen LogP contribution in [0.1, 0.15) is 5.56 Å². The number of fused-ring (bicyclic) bond motifs is 1. The van der Waals surface area contributed by atoms with Crippen LogP contribution in [0.2, 0.25) is 0 Å². The summed E-state index contributed by atoms with van der Waals surface area (Å²) in [5, 5.41) is -1.33. The second kappa shape index (κ2) is 4.19. The first-order chi connectivity index (χ1) is 8.20. The van der Waals surface area contributed by atoms with Crippen molar-refractivity contribution < 1.29 is 14.2 Å². The van der Waals surface area contributed by atoms with Crippen molar-refractivity contribution in [3.05, 3.63) is 17.7 Å². The van der Waals surface area contributed by atoms with E-state index in [4.69, 9.17) is 51.3 Å². The van der Waals surface area contributed by atoms with Crippen LogP contribution in [0.25, 0.3) is 0 Å². The fourth-order valence-electron chi connectivity index (χ4n) is 1.77. The summed E-state index contributed by atoms with van der Waals surface area (Å²) in [6.45, 7) is 0. The Kier molecular flexibility index (Phi) is 3.09. The van der Waals surface area contributed by atoms with Crippen LogP contribution in [0.15, 0.2) is 12.1 Å². The van der Waals surface area contributed by atoms with E-state index in [0.29, 0.717) is 17.2 Å². The first-order valence-corrected chi connectivity index (χ1v) is 5.23. The number of hydrogen-bond acceptors (Lipinski definition) is 4. The zero-order valence-electron chi connectivity index (χ0n) is 9.97. The molecule has 1 heterocycles. The minimum Gasteiger partial charge on any atom is -0.493 e.